The molecule has 0 saturated carbocycles. The van der Waals surface area contributed by atoms with Crippen LogP contribution in [0.25, 0.3) is 0 Å². The molecular formula is C17H28Cl2N4O. The fourth-order valence-electron chi connectivity index (χ4n) is 3.38. The van der Waals surface area contributed by atoms with Crippen molar-refractivity contribution in [2.24, 2.45) is 5.92 Å². The standard InChI is InChI=1S/C17H26N4O.2ClH/c22-17(15-2-1-7-19-12-15)20-16-5-10-21(11-6-16)13-14-3-8-18-9-4-14;;/h3-4,8-9,15-16,19H,1-2,5-7,10-13H2,(H,20,22);2*1H. The lowest BCUT2D eigenvalue weighted by Gasteiger charge is -2.33. The van der Waals surface area contributed by atoms with E-state index in [0.717, 1.165) is 58.4 Å². The highest BCUT2D eigenvalue weighted by Crippen LogP contribution is 2.15. The number of piperidine rings is 2. The topological polar surface area (TPSA) is 57.3 Å². The maximum atomic E-state index is 12.3. The summed E-state index contributed by atoms with van der Waals surface area (Å²) in [7, 11) is 0. The zero-order valence-electron chi connectivity index (χ0n) is 13.9. The number of carbonyl (C=O) groups excluding carboxylic acids is 1. The van der Waals surface area contributed by atoms with Crippen molar-refractivity contribution in [3.8, 4) is 0 Å². The summed E-state index contributed by atoms with van der Waals surface area (Å²) in [5.74, 6) is 0.420. The van der Waals surface area contributed by atoms with Gasteiger partial charge in [0.15, 0.2) is 0 Å². The van der Waals surface area contributed by atoms with Crippen LogP contribution in [0.2, 0.25) is 0 Å². The van der Waals surface area contributed by atoms with Gasteiger partial charge in [-0.2, -0.15) is 0 Å². The molecule has 3 rings (SSSR count). The van der Waals surface area contributed by atoms with E-state index in [0.29, 0.717) is 6.04 Å². The Morgan fingerprint density at radius 3 is 2.54 bits per heavy atom. The monoisotopic (exact) mass is 374 g/mol. The third-order valence-electron chi connectivity index (χ3n) is 4.76. The Morgan fingerprint density at radius 1 is 1.21 bits per heavy atom. The summed E-state index contributed by atoms with van der Waals surface area (Å²) in [5, 5.41) is 6.57. The average molecular weight is 375 g/mol. The molecule has 0 aliphatic carbocycles. The average Bonchev–Trinajstić information content (AvgIpc) is 2.58. The van der Waals surface area contributed by atoms with Gasteiger partial charge in [-0.05, 0) is 49.9 Å². The van der Waals surface area contributed by atoms with Gasteiger partial charge in [-0.3, -0.25) is 14.7 Å². The number of halogens is 2. The highest BCUT2D eigenvalue weighted by molar-refractivity contribution is 5.85. The second kappa shape index (κ2) is 10.9. The van der Waals surface area contributed by atoms with E-state index in [1.807, 2.05) is 12.4 Å². The number of nitrogens with one attached hydrogen (secondary N) is 2. The highest BCUT2D eigenvalue weighted by atomic mass is 35.5. The maximum absolute atomic E-state index is 12.3. The first-order valence-electron chi connectivity index (χ1n) is 8.43. The van der Waals surface area contributed by atoms with Crippen LogP contribution in [0, 0.1) is 5.92 Å². The van der Waals surface area contributed by atoms with Crippen molar-refractivity contribution in [2.75, 3.05) is 26.2 Å². The summed E-state index contributed by atoms with van der Waals surface area (Å²) >= 11 is 0. The predicted molar refractivity (Wildman–Crippen MR) is 101 cm³/mol. The first-order chi connectivity index (χ1) is 10.8. The van der Waals surface area contributed by atoms with E-state index >= 15 is 0 Å². The van der Waals surface area contributed by atoms with Gasteiger partial charge in [0.1, 0.15) is 0 Å². The Morgan fingerprint density at radius 2 is 1.92 bits per heavy atom. The molecule has 2 saturated heterocycles. The van der Waals surface area contributed by atoms with Gasteiger partial charge in [0.05, 0.1) is 5.92 Å². The zero-order chi connectivity index (χ0) is 15.2. The minimum Gasteiger partial charge on any atom is -0.353 e. The van der Waals surface area contributed by atoms with Crippen LogP contribution in [-0.2, 0) is 11.3 Å². The summed E-state index contributed by atoms with van der Waals surface area (Å²) in [5.41, 5.74) is 1.31. The van der Waals surface area contributed by atoms with Crippen molar-refractivity contribution < 1.29 is 4.79 Å². The first-order valence-corrected chi connectivity index (χ1v) is 8.43. The van der Waals surface area contributed by atoms with E-state index in [9.17, 15) is 4.79 Å². The number of carbonyl (C=O) groups is 1. The van der Waals surface area contributed by atoms with Crippen molar-refractivity contribution in [1.82, 2.24) is 20.5 Å². The van der Waals surface area contributed by atoms with Crippen LogP contribution in [0.3, 0.4) is 0 Å². The molecule has 0 radical (unpaired) electrons. The number of nitrogens with zero attached hydrogens (tertiary/aromatic N) is 2. The molecule has 1 amide bonds. The Bertz CT molecular complexity index is 475. The molecule has 1 aromatic rings. The lowest BCUT2D eigenvalue weighted by atomic mass is 9.97. The molecule has 1 unspecified atom stereocenters. The van der Waals surface area contributed by atoms with Crippen molar-refractivity contribution in [3.05, 3.63) is 30.1 Å². The molecule has 24 heavy (non-hydrogen) atoms. The fraction of sp³-hybridized carbons (Fsp3) is 0.647. The molecular weight excluding hydrogens is 347 g/mol. The smallest absolute Gasteiger partial charge is 0.224 e. The number of likely N-dealkylation sites (tertiary alicyclic amines) is 1. The first kappa shape index (κ1) is 21.2. The van der Waals surface area contributed by atoms with Crippen molar-refractivity contribution in [2.45, 2.75) is 38.3 Å². The van der Waals surface area contributed by atoms with E-state index in [1.54, 1.807) is 0 Å². The van der Waals surface area contributed by atoms with E-state index in [2.05, 4.69) is 32.7 Å². The Labute approximate surface area is 156 Å². The van der Waals surface area contributed by atoms with E-state index in [4.69, 9.17) is 0 Å². The van der Waals surface area contributed by atoms with Crippen LogP contribution in [0.15, 0.2) is 24.5 Å². The van der Waals surface area contributed by atoms with Crippen LogP contribution in [-0.4, -0.2) is 48.0 Å². The third kappa shape index (κ3) is 6.20. The zero-order valence-corrected chi connectivity index (χ0v) is 15.6. The minimum absolute atomic E-state index is 0. The Balaban J connectivity index is 0.00000144. The predicted octanol–water partition coefficient (Wildman–Crippen LogP) is 2.01. The van der Waals surface area contributed by atoms with Crippen molar-refractivity contribution in [3.63, 3.8) is 0 Å². The quantitative estimate of drug-likeness (QED) is 0.845. The molecule has 136 valence electrons. The molecule has 2 fully saturated rings. The third-order valence-corrected chi connectivity index (χ3v) is 4.76. The minimum atomic E-state index is 0. The van der Waals surface area contributed by atoms with E-state index < -0.39 is 0 Å². The van der Waals surface area contributed by atoms with Gasteiger partial charge < -0.3 is 10.6 Å². The molecule has 3 heterocycles. The Kier molecular flexibility index (Phi) is 9.59. The molecule has 5 nitrogen and oxygen atoms in total. The summed E-state index contributed by atoms with van der Waals surface area (Å²) < 4.78 is 0. The van der Waals surface area contributed by atoms with E-state index in [1.165, 1.54) is 5.56 Å². The number of rotatable bonds is 4. The molecule has 0 bridgehead atoms. The van der Waals surface area contributed by atoms with Gasteiger partial charge >= 0.3 is 0 Å². The normalized spacial score (nSPS) is 22.1. The SMILES string of the molecule is Cl.Cl.O=C(NC1CCN(Cc2ccncc2)CC1)C1CCCNC1. The summed E-state index contributed by atoms with van der Waals surface area (Å²) in [6.07, 6.45) is 7.94. The van der Waals surface area contributed by atoms with E-state index in [-0.39, 0.29) is 36.6 Å². The van der Waals surface area contributed by atoms with Gasteiger partial charge in [0.25, 0.3) is 0 Å². The summed E-state index contributed by atoms with van der Waals surface area (Å²) in [6, 6.07) is 4.50. The fourth-order valence-corrected chi connectivity index (χ4v) is 3.38. The number of pyridine rings is 1. The van der Waals surface area contributed by atoms with Crippen LogP contribution in [0.4, 0.5) is 0 Å². The molecule has 2 N–H and O–H groups in total. The molecule has 1 atom stereocenters. The molecule has 0 aromatic carbocycles. The van der Waals surface area contributed by atoms with Crippen LogP contribution >= 0.6 is 24.8 Å². The Hall–Kier alpha value is -0.880. The van der Waals surface area contributed by atoms with Crippen molar-refractivity contribution in [1.29, 1.82) is 0 Å². The van der Waals surface area contributed by atoms with Gasteiger partial charge in [-0.25, -0.2) is 0 Å². The maximum Gasteiger partial charge on any atom is 0.224 e. The van der Waals surface area contributed by atoms with Crippen LogP contribution < -0.4 is 10.6 Å². The molecule has 1 aromatic heterocycles. The number of amides is 1. The highest BCUT2D eigenvalue weighted by Gasteiger charge is 2.25. The van der Waals surface area contributed by atoms with Crippen LogP contribution in [0.1, 0.15) is 31.2 Å². The summed E-state index contributed by atoms with van der Waals surface area (Å²) in [6.45, 7) is 4.98. The van der Waals surface area contributed by atoms with Crippen molar-refractivity contribution >= 4 is 30.7 Å². The van der Waals surface area contributed by atoms with Gasteiger partial charge in [0, 0.05) is 44.6 Å². The van der Waals surface area contributed by atoms with Gasteiger partial charge in [-0.15, -0.1) is 24.8 Å². The van der Waals surface area contributed by atoms with Crippen LogP contribution in [0.5, 0.6) is 0 Å². The number of hydrogen-bond acceptors (Lipinski definition) is 4. The molecule has 2 aliphatic rings. The molecule has 7 heteroatoms. The second-order valence-corrected chi connectivity index (χ2v) is 6.46. The van der Waals surface area contributed by atoms with Gasteiger partial charge in [-0.1, -0.05) is 0 Å². The molecule has 0 spiro atoms. The largest absolute Gasteiger partial charge is 0.353 e. The molecule has 2 aliphatic heterocycles. The lowest BCUT2D eigenvalue weighted by molar-refractivity contribution is -0.126. The van der Waals surface area contributed by atoms with Gasteiger partial charge in [0.2, 0.25) is 5.91 Å². The number of hydrogen-bond donors (Lipinski definition) is 2. The lowest BCUT2D eigenvalue weighted by Crippen LogP contribution is -2.48. The summed E-state index contributed by atoms with van der Waals surface area (Å²) in [4.78, 5) is 18.8. The second-order valence-electron chi connectivity index (χ2n) is 6.46. The number of aromatic nitrogens is 1.